The van der Waals surface area contributed by atoms with Crippen molar-refractivity contribution in [2.75, 3.05) is 25.0 Å². The van der Waals surface area contributed by atoms with Crippen LogP contribution >= 0.6 is 28.1 Å². The zero-order valence-electron chi connectivity index (χ0n) is 13.9. The summed E-state index contributed by atoms with van der Waals surface area (Å²) in [4.78, 5) is 2.66. The summed E-state index contributed by atoms with van der Waals surface area (Å²) in [5.41, 5.74) is 2.25. The summed E-state index contributed by atoms with van der Waals surface area (Å²) in [6.07, 6.45) is 4.03. The second kappa shape index (κ2) is 7.49. The van der Waals surface area contributed by atoms with Crippen LogP contribution in [0.3, 0.4) is 0 Å². The molecule has 3 heterocycles. The van der Waals surface area contributed by atoms with Crippen molar-refractivity contribution < 1.29 is 0 Å². The van der Waals surface area contributed by atoms with Gasteiger partial charge in [0.15, 0.2) is 5.11 Å². The van der Waals surface area contributed by atoms with Crippen LogP contribution in [0.2, 0.25) is 0 Å². The van der Waals surface area contributed by atoms with E-state index in [1.54, 1.807) is 0 Å². The van der Waals surface area contributed by atoms with E-state index >= 15 is 0 Å². The average molecular weight is 396 g/mol. The van der Waals surface area contributed by atoms with E-state index in [1.165, 1.54) is 37.9 Å². The van der Waals surface area contributed by atoms with Crippen molar-refractivity contribution in [1.82, 2.24) is 10.2 Å². The Labute approximate surface area is 153 Å². The van der Waals surface area contributed by atoms with Crippen molar-refractivity contribution >= 4 is 38.9 Å². The number of hydrogen-bond donors (Lipinski definition) is 2. The van der Waals surface area contributed by atoms with Gasteiger partial charge < -0.3 is 10.6 Å². The summed E-state index contributed by atoms with van der Waals surface area (Å²) in [5.74, 6) is 1.83. The molecule has 0 aromatic heterocycles. The Bertz CT molecular complexity index is 577. The molecule has 0 aliphatic carbocycles. The summed E-state index contributed by atoms with van der Waals surface area (Å²) in [6, 6.07) is 6.89. The Morgan fingerprint density at radius 2 is 2.26 bits per heavy atom. The number of nitrogens with zero attached hydrogens (tertiary/aromatic N) is 1. The number of rotatable bonds is 4. The van der Waals surface area contributed by atoms with E-state index in [4.69, 9.17) is 12.2 Å². The Balaban J connectivity index is 1.50. The highest BCUT2D eigenvalue weighted by Crippen LogP contribution is 2.37. The second-order valence-electron chi connectivity index (χ2n) is 6.92. The van der Waals surface area contributed by atoms with Gasteiger partial charge >= 0.3 is 0 Å². The monoisotopic (exact) mass is 395 g/mol. The van der Waals surface area contributed by atoms with Crippen LogP contribution in [0.25, 0.3) is 0 Å². The topological polar surface area (TPSA) is 27.3 Å². The van der Waals surface area contributed by atoms with Crippen molar-refractivity contribution in [3.05, 3.63) is 28.2 Å². The number of benzene rings is 1. The molecular weight excluding hydrogens is 370 g/mol. The summed E-state index contributed by atoms with van der Waals surface area (Å²) in [5, 5.41) is 7.43. The van der Waals surface area contributed by atoms with E-state index in [-0.39, 0.29) is 0 Å². The Hall–Kier alpha value is -0.650. The van der Waals surface area contributed by atoms with Gasteiger partial charge in [0.05, 0.1) is 5.69 Å². The minimum atomic E-state index is 0.637. The minimum absolute atomic E-state index is 0.637. The molecule has 2 bridgehead atoms. The summed E-state index contributed by atoms with van der Waals surface area (Å²) < 4.78 is 1.05. The zero-order valence-corrected chi connectivity index (χ0v) is 16.3. The molecule has 1 aromatic rings. The molecule has 3 saturated heterocycles. The smallest absolute Gasteiger partial charge is 0.170 e. The van der Waals surface area contributed by atoms with Gasteiger partial charge in [0.1, 0.15) is 0 Å². The van der Waals surface area contributed by atoms with Crippen LogP contribution < -0.4 is 10.6 Å². The lowest BCUT2D eigenvalue weighted by molar-refractivity contribution is 0.00212. The SMILES string of the molecule is CC[C@H]1CN2CC[C@H]1C[C@@H]2CNC(=S)Nc1ccc(C)cc1Br. The van der Waals surface area contributed by atoms with Crippen LogP contribution in [0.5, 0.6) is 0 Å². The minimum Gasteiger partial charge on any atom is -0.361 e. The molecule has 5 heteroatoms. The highest BCUT2D eigenvalue weighted by atomic mass is 79.9. The number of fused-ring (bicyclic) bond motifs is 3. The van der Waals surface area contributed by atoms with E-state index in [9.17, 15) is 0 Å². The van der Waals surface area contributed by atoms with Gasteiger partial charge in [0.2, 0.25) is 0 Å². The number of thiocarbonyl (C=S) groups is 1. The lowest BCUT2D eigenvalue weighted by Gasteiger charge is -2.50. The number of aryl methyl sites for hydroxylation is 1. The maximum Gasteiger partial charge on any atom is 0.170 e. The fourth-order valence-corrected chi connectivity index (χ4v) is 4.81. The van der Waals surface area contributed by atoms with E-state index in [1.807, 2.05) is 0 Å². The third kappa shape index (κ3) is 4.06. The largest absolute Gasteiger partial charge is 0.361 e. The molecule has 4 atom stereocenters. The first-order chi connectivity index (χ1) is 11.1. The van der Waals surface area contributed by atoms with Crippen molar-refractivity contribution in [3.63, 3.8) is 0 Å². The van der Waals surface area contributed by atoms with Gasteiger partial charge in [-0.2, -0.15) is 0 Å². The first kappa shape index (κ1) is 17.2. The number of hydrogen-bond acceptors (Lipinski definition) is 2. The van der Waals surface area contributed by atoms with Gasteiger partial charge in [-0.15, -0.1) is 0 Å². The van der Waals surface area contributed by atoms with E-state index in [0.717, 1.165) is 28.5 Å². The van der Waals surface area contributed by atoms with Crippen LogP contribution in [0, 0.1) is 18.8 Å². The first-order valence-electron chi connectivity index (χ1n) is 8.62. The average Bonchev–Trinajstić information content (AvgIpc) is 2.56. The molecule has 1 unspecified atom stereocenters. The maximum absolute atomic E-state index is 5.47. The highest BCUT2D eigenvalue weighted by molar-refractivity contribution is 9.10. The normalized spacial score (nSPS) is 29.3. The van der Waals surface area contributed by atoms with Crippen molar-refractivity contribution in [2.45, 2.75) is 39.2 Å². The van der Waals surface area contributed by atoms with Crippen LogP contribution in [-0.2, 0) is 0 Å². The Kier molecular flexibility index (Phi) is 5.60. The predicted octanol–water partition coefficient (Wildman–Crippen LogP) is 4.16. The van der Waals surface area contributed by atoms with E-state index in [2.05, 4.69) is 63.5 Å². The zero-order chi connectivity index (χ0) is 16.4. The molecule has 3 aliphatic rings. The van der Waals surface area contributed by atoms with Gasteiger partial charge in [-0.05, 0) is 84.0 Å². The van der Waals surface area contributed by atoms with Crippen LogP contribution in [-0.4, -0.2) is 35.7 Å². The Morgan fingerprint density at radius 1 is 1.43 bits per heavy atom. The van der Waals surface area contributed by atoms with Crippen LogP contribution in [0.1, 0.15) is 31.7 Å². The number of nitrogens with one attached hydrogen (secondary N) is 2. The summed E-state index contributed by atoms with van der Waals surface area (Å²) >= 11 is 9.05. The molecule has 3 aliphatic heterocycles. The molecule has 0 spiro atoms. The van der Waals surface area contributed by atoms with Gasteiger partial charge in [-0.25, -0.2) is 0 Å². The fourth-order valence-electron chi connectivity index (χ4n) is 4.02. The maximum atomic E-state index is 5.47. The van der Waals surface area contributed by atoms with Gasteiger partial charge in [-0.1, -0.05) is 19.4 Å². The standard InChI is InChI=1S/C18H26BrN3S/c1-3-13-11-22-7-6-14(13)9-15(22)10-20-18(23)21-17-5-4-12(2)8-16(17)19/h4-5,8,13-15H,3,6-7,9-11H2,1-2H3,(H2,20,21,23)/t13-,14-,15+/m0/s1. The molecule has 0 saturated carbocycles. The number of anilines is 1. The van der Waals surface area contributed by atoms with Crippen LogP contribution in [0.4, 0.5) is 5.69 Å². The van der Waals surface area contributed by atoms with Gasteiger partial charge in [0, 0.05) is 23.6 Å². The van der Waals surface area contributed by atoms with Crippen LogP contribution in [0.15, 0.2) is 22.7 Å². The summed E-state index contributed by atoms with van der Waals surface area (Å²) in [7, 11) is 0. The lowest BCUT2D eigenvalue weighted by atomic mass is 9.74. The highest BCUT2D eigenvalue weighted by Gasteiger charge is 2.38. The third-order valence-corrected chi connectivity index (χ3v) is 6.31. The van der Waals surface area contributed by atoms with E-state index in [0.29, 0.717) is 11.2 Å². The molecule has 1 aromatic carbocycles. The molecule has 2 N–H and O–H groups in total. The number of halogens is 1. The third-order valence-electron chi connectivity index (χ3n) is 5.41. The molecule has 3 fully saturated rings. The fraction of sp³-hybridized carbons (Fsp3) is 0.611. The summed E-state index contributed by atoms with van der Waals surface area (Å²) in [6.45, 7) is 7.90. The van der Waals surface area contributed by atoms with Gasteiger partial charge in [0.25, 0.3) is 0 Å². The lowest BCUT2D eigenvalue weighted by Crippen LogP contribution is -2.56. The molecule has 23 heavy (non-hydrogen) atoms. The molecule has 4 rings (SSSR count). The first-order valence-corrected chi connectivity index (χ1v) is 9.82. The molecule has 3 nitrogen and oxygen atoms in total. The molecule has 126 valence electrons. The second-order valence-corrected chi connectivity index (χ2v) is 8.18. The Morgan fingerprint density at radius 3 is 2.91 bits per heavy atom. The van der Waals surface area contributed by atoms with Gasteiger partial charge in [-0.3, -0.25) is 4.90 Å². The van der Waals surface area contributed by atoms with Crippen molar-refractivity contribution in [1.29, 1.82) is 0 Å². The molecular formula is C18H26BrN3S. The molecule has 0 amide bonds. The predicted molar refractivity (Wildman–Crippen MR) is 105 cm³/mol. The van der Waals surface area contributed by atoms with Crippen molar-refractivity contribution in [2.24, 2.45) is 11.8 Å². The molecule has 0 radical (unpaired) electrons. The quantitative estimate of drug-likeness (QED) is 0.748. The van der Waals surface area contributed by atoms with E-state index < -0.39 is 0 Å². The van der Waals surface area contributed by atoms with Crippen molar-refractivity contribution in [3.8, 4) is 0 Å². The number of piperidine rings is 3.